The molecule has 0 aromatic heterocycles. The summed E-state index contributed by atoms with van der Waals surface area (Å²) in [6.07, 6.45) is 1.75. The summed E-state index contributed by atoms with van der Waals surface area (Å²) in [5.41, 5.74) is 0. The first-order valence-corrected chi connectivity index (χ1v) is 15.6. The Morgan fingerprint density at radius 3 is 2.60 bits per heavy atom. The number of ether oxygens (including phenoxy) is 1. The Morgan fingerprint density at radius 1 is 1.12 bits per heavy atom. The van der Waals surface area contributed by atoms with E-state index >= 15 is 0 Å². The van der Waals surface area contributed by atoms with Gasteiger partial charge < -0.3 is 15.0 Å². The van der Waals surface area contributed by atoms with Crippen molar-refractivity contribution < 1.29 is 27.5 Å². The van der Waals surface area contributed by atoms with Gasteiger partial charge in [0.15, 0.2) is 17.4 Å². The van der Waals surface area contributed by atoms with Gasteiger partial charge in [-0.2, -0.15) is 13.2 Å². The van der Waals surface area contributed by atoms with E-state index < -0.39 is 12.6 Å². The maximum Gasteiger partial charge on any atom is 0.389 e. The van der Waals surface area contributed by atoms with Gasteiger partial charge in [0.1, 0.15) is 0 Å². The van der Waals surface area contributed by atoms with Crippen LogP contribution in [-0.4, -0.2) is 97.9 Å². The number of hydrogen-bond acceptors (Lipinski definition) is 7. The normalized spacial score (nSPS) is 28.9. The number of rotatable bonds is 13. The van der Waals surface area contributed by atoms with Crippen molar-refractivity contribution >= 4 is 17.4 Å². The summed E-state index contributed by atoms with van der Waals surface area (Å²) in [6, 6.07) is 0.0963. The fraction of sp³-hybridized carbons (Fsp3) is 0.900. The van der Waals surface area contributed by atoms with Crippen molar-refractivity contribution in [3.05, 3.63) is 0 Å². The van der Waals surface area contributed by atoms with Crippen LogP contribution in [0.15, 0.2) is 4.99 Å². The Labute approximate surface area is 237 Å². The molecule has 5 atom stereocenters. The lowest BCUT2D eigenvalue weighted by Gasteiger charge is -2.36. The minimum absolute atomic E-state index is 0.0113. The van der Waals surface area contributed by atoms with Crippen molar-refractivity contribution in [3.8, 4) is 0 Å². The molecular formula is C30H49F3N4O3. The molecule has 3 unspecified atom stereocenters. The number of piperidine rings is 1. The number of morpholine rings is 1. The molecule has 3 heterocycles. The van der Waals surface area contributed by atoms with E-state index in [0.717, 1.165) is 64.6 Å². The van der Waals surface area contributed by atoms with Gasteiger partial charge in [-0.1, -0.05) is 26.7 Å². The monoisotopic (exact) mass is 570 g/mol. The van der Waals surface area contributed by atoms with E-state index in [0.29, 0.717) is 56.3 Å². The molecule has 1 aliphatic carbocycles. The van der Waals surface area contributed by atoms with Gasteiger partial charge in [0.05, 0.1) is 31.8 Å². The van der Waals surface area contributed by atoms with Gasteiger partial charge in [0.25, 0.3) is 0 Å². The first-order valence-electron chi connectivity index (χ1n) is 15.6. The summed E-state index contributed by atoms with van der Waals surface area (Å²) in [5.74, 6) is 1.75. The van der Waals surface area contributed by atoms with Crippen molar-refractivity contribution in [1.82, 2.24) is 15.1 Å². The Kier molecular flexibility index (Phi) is 11.5. The minimum atomic E-state index is -4.19. The SMILES string of the molecule is CC(C)CC(CCC(=O)C1=NC2CCCCC2N1CCCC(F)(F)F)[C@@H]1CNC[C@H](C(=O)CN2CCOCC2)C1. The number of nitrogens with one attached hydrogen (secondary N) is 1. The highest BCUT2D eigenvalue weighted by atomic mass is 19.4. The molecule has 0 bridgehead atoms. The number of carbonyl (C=O) groups is 2. The van der Waals surface area contributed by atoms with Crippen LogP contribution in [0.2, 0.25) is 0 Å². The highest BCUT2D eigenvalue weighted by Gasteiger charge is 2.41. The fourth-order valence-electron chi connectivity index (χ4n) is 7.22. The van der Waals surface area contributed by atoms with E-state index in [1.165, 1.54) is 0 Å². The lowest BCUT2D eigenvalue weighted by Crippen LogP contribution is -2.47. The summed E-state index contributed by atoms with van der Waals surface area (Å²) >= 11 is 0. The zero-order valence-corrected chi connectivity index (χ0v) is 24.4. The molecule has 4 rings (SSSR count). The van der Waals surface area contributed by atoms with E-state index in [9.17, 15) is 22.8 Å². The molecule has 3 aliphatic heterocycles. The maximum atomic E-state index is 13.5. The van der Waals surface area contributed by atoms with Gasteiger partial charge >= 0.3 is 6.18 Å². The van der Waals surface area contributed by atoms with Crippen LogP contribution in [0, 0.1) is 23.7 Å². The average Bonchev–Trinajstić information content (AvgIpc) is 3.29. The highest BCUT2D eigenvalue weighted by Crippen LogP contribution is 2.35. The second-order valence-corrected chi connectivity index (χ2v) is 12.8. The molecule has 0 aromatic rings. The molecule has 0 aromatic carbocycles. The zero-order chi connectivity index (χ0) is 28.7. The Morgan fingerprint density at radius 2 is 1.88 bits per heavy atom. The smallest absolute Gasteiger partial charge is 0.379 e. The van der Waals surface area contributed by atoms with E-state index in [4.69, 9.17) is 9.73 Å². The van der Waals surface area contributed by atoms with Crippen molar-refractivity contribution in [2.24, 2.45) is 28.7 Å². The molecule has 7 nitrogen and oxygen atoms in total. The Balaban J connectivity index is 1.35. The third-order valence-corrected chi connectivity index (χ3v) is 9.27. The number of Topliss-reactive ketones (excluding diaryl/α,β-unsaturated/α-hetero) is 2. The van der Waals surface area contributed by atoms with E-state index in [-0.39, 0.29) is 42.5 Å². The van der Waals surface area contributed by atoms with E-state index in [2.05, 4.69) is 24.1 Å². The van der Waals surface area contributed by atoms with Crippen molar-refractivity contribution in [3.63, 3.8) is 0 Å². The third-order valence-electron chi connectivity index (χ3n) is 9.27. The van der Waals surface area contributed by atoms with Gasteiger partial charge in [-0.15, -0.1) is 0 Å². The second-order valence-electron chi connectivity index (χ2n) is 12.8. The highest BCUT2D eigenvalue weighted by molar-refractivity contribution is 6.39. The fourth-order valence-corrected chi connectivity index (χ4v) is 7.22. The number of amidine groups is 1. The summed E-state index contributed by atoms with van der Waals surface area (Å²) in [7, 11) is 0. The van der Waals surface area contributed by atoms with Crippen LogP contribution in [0.3, 0.4) is 0 Å². The number of halogens is 3. The molecule has 0 spiro atoms. The van der Waals surface area contributed by atoms with Crippen molar-refractivity contribution in [2.45, 2.75) is 96.3 Å². The number of hydrogen-bond donors (Lipinski definition) is 1. The molecule has 1 N–H and O–H groups in total. The van der Waals surface area contributed by atoms with Crippen LogP contribution in [0.4, 0.5) is 13.2 Å². The van der Waals surface area contributed by atoms with Crippen LogP contribution in [-0.2, 0) is 14.3 Å². The number of fused-ring (bicyclic) bond motifs is 1. The van der Waals surface area contributed by atoms with Gasteiger partial charge in [-0.25, -0.2) is 0 Å². The Bertz CT molecular complexity index is 875. The maximum absolute atomic E-state index is 13.5. The summed E-state index contributed by atoms with van der Waals surface area (Å²) < 4.78 is 44.0. The van der Waals surface area contributed by atoms with Crippen LogP contribution >= 0.6 is 0 Å². The summed E-state index contributed by atoms with van der Waals surface area (Å²) in [4.78, 5) is 35.6. The first kappa shape index (κ1) is 31.4. The van der Waals surface area contributed by atoms with Gasteiger partial charge in [0, 0.05) is 44.9 Å². The minimum Gasteiger partial charge on any atom is -0.379 e. The van der Waals surface area contributed by atoms with Gasteiger partial charge in [0.2, 0.25) is 0 Å². The molecule has 4 aliphatic rings. The predicted octanol–water partition coefficient (Wildman–Crippen LogP) is 4.49. The largest absolute Gasteiger partial charge is 0.389 e. The molecule has 10 heteroatoms. The summed E-state index contributed by atoms with van der Waals surface area (Å²) in [6.45, 7) is 9.61. The number of alkyl halides is 3. The quantitative estimate of drug-likeness (QED) is 0.352. The number of carbonyl (C=O) groups excluding carboxylic acids is 2. The second kappa shape index (κ2) is 14.6. The molecule has 3 fully saturated rings. The lowest BCUT2D eigenvalue weighted by atomic mass is 9.75. The number of ketones is 2. The standard InChI is InChI=1S/C30H49F3N4O3/c1-21(2)16-22(23-17-24(19-34-18-23)28(39)20-36-12-14-40-15-13-36)8-9-27(38)29-35-25-6-3-4-7-26(25)37(29)11-5-10-30(31,32)33/h21-26,34H,3-20H2,1-2H3/t22?,23-,24+,25?,26?/m0/s1. The molecule has 2 saturated heterocycles. The van der Waals surface area contributed by atoms with E-state index in [1.54, 1.807) is 0 Å². The topological polar surface area (TPSA) is 74.2 Å². The zero-order valence-electron chi connectivity index (χ0n) is 24.4. The van der Waals surface area contributed by atoms with Crippen molar-refractivity contribution in [2.75, 3.05) is 52.5 Å². The molecule has 0 radical (unpaired) electrons. The molecule has 0 amide bonds. The predicted molar refractivity (Wildman–Crippen MR) is 149 cm³/mol. The van der Waals surface area contributed by atoms with Crippen molar-refractivity contribution in [1.29, 1.82) is 0 Å². The average molecular weight is 571 g/mol. The number of aliphatic imine (C=N–C) groups is 1. The van der Waals surface area contributed by atoms with Crippen LogP contribution in [0.5, 0.6) is 0 Å². The molecule has 228 valence electrons. The third kappa shape index (κ3) is 8.99. The van der Waals surface area contributed by atoms with E-state index in [1.807, 2.05) is 4.90 Å². The molecular weight excluding hydrogens is 521 g/mol. The lowest BCUT2D eigenvalue weighted by molar-refractivity contribution is -0.136. The van der Waals surface area contributed by atoms with Crippen LogP contribution in [0.25, 0.3) is 0 Å². The van der Waals surface area contributed by atoms with Crippen LogP contribution < -0.4 is 5.32 Å². The molecule has 40 heavy (non-hydrogen) atoms. The van der Waals surface area contributed by atoms with Crippen LogP contribution in [0.1, 0.15) is 78.1 Å². The van der Waals surface area contributed by atoms with Gasteiger partial charge in [-0.3, -0.25) is 19.5 Å². The first-order chi connectivity index (χ1) is 19.1. The number of nitrogens with zero attached hydrogens (tertiary/aromatic N) is 3. The Hall–Kier alpha value is -1.52. The summed E-state index contributed by atoms with van der Waals surface area (Å²) in [5, 5.41) is 3.50. The molecule has 1 saturated carbocycles. The van der Waals surface area contributed by atoms with Gasteiger partial charge in [-0.05, 0) is 62.8 Å².